The molecule has 0 amide bonds. The van der Waals surface area contributed by atoms with E-state index in [9.17, 15) is 0 Å². The largest absolute Gasteiger partial charge is 0.373 e. The fraction of sp³-hybridized carbons (Fsp3) is 1.00. The highest BCUT2D eigenvalue weighted by molar-refractivity contribution is 6.54. The molecule has 0 spiro atoms. The quantitative estimate of drug-likeness (QED) is 0.473. The normalized spacial score (nSPS) is 21.0. The molecule has 1 fully saturated rings. The van der Waals surface area contributed by atoms with Crippen LogP contribution in [0.4, 0.5) is 0 Å². The van der Waals surface area contributed by atoms with Crippen LogP contribution in [0.2, 0.25) is 19.6 Å². The molecule has 0 aliphatic carbocycles. The molecule has 68 valence electrons. The summed E-state index contributed by atoms with van der Waals surface area (Å²) in [5.41, 5.74) is 0. The molecule has 11 heavy (non-hydrogen) atoms. The van der Waals surface area contributed by atoms with Crippen molar-refractivity contribution in [3.63, 3.8) is 0 Å². The van der Waals surface area contributed by atoms with Crippen LogP contribution in [0.1, 0.15) is 26.2 Å². The minimum absolute atomic E-state index is 0.139. The average molecular weight is 174 g/mol. The van der Waals surface area contributed by atoms with Crippen molar-refractivity contribution in [3.8, 4) is 0 Å². The highest BCUT2D eigenvalue weighted by Crippen LogP contribution is 2.15. The predicted octanol–water partition coefficient (Wildman–Crippen LogP) is 2.68. The van der Waals surface area contributed by atoms with E-state index in [-0.39, 0.29) is 8.80 Å². The summed E-state index contributed by atoms with van der Waals surface area (Å²) < 4.78 is 5.01. The first-order valence-electron chi connectivity index (χ1n) is 4.78. The van der Waals surface area contributed by atoms with E-state index in [4.69, 9.17) is 4.74 Å². The zero-order valence-corrected chi connectivity index (χ0v) is 9.55. The lowest BCUT2D eigenvalue weighted by Crippen LogP contribution is -1.84. The Morgan fingerprint density at radius 1 is 1.36 bits per heavy atom. The van der Waals surface area contributed by atoms with Gasteiger partial charge in [-0.1, -0.05) is 39.4 Å². The topological polar surface area (TPSA) is 12.5 Å². The highest BCUT2D eigenvalue weighted by Gasteiger charge is 2.20. The van der Waals surface area contributed by atoms with Gasteiger partial charge in [-0.05, 0) is 6.42 Å². The van der Waals surface area contributed by atoms with Gasteiger partial charge in [0.1, 0.15) is 0 Å². The summed E-state index contributed by atoms with van der Waals surface area (Å²) in [6.07, 6.45) is 4.58. The molecule has 1 aliphatic heterocycles. The molecule has 0 bridgehead atoms. The molecule has 0 radical (unpaired) electrons. The van der Waals surface area contributed by atoms with E-state index in [0.29, 0.717) is 6.10 Å². The summed E-state index contributed by atoms with van der Waals surface area (Å²) in [4.78, 5) is 0. The number of rotatable bonds is 3. The van der Waals surface area contributed by atoms with Crippen molar-refractivity contribution in [3.05, 3.63) is 0 Å². The van der Waals surface area contributed by atoms with Gasteiger partial charge < -0.3 is 4.74 Å². The average Bonchev–Trinajstić information content (AvgIpc) is 2.64. The highest BCUT2D eigenvalue weighted by atomic mass is 28.3. The van der Waals surface area contributed by atoms with Crippen LogP contribution in [0.3, 0.4) is 0 Å². The second kappa shape index (κ2) is 6.86. The summed E-state index contributed by atoms with van der Waals surface area (Å²) in [6.45, 7) is 10.2. The summed E-state index contributed by atoms with van der Waals surface area (Å²) >= 11 is 0. The first-order valence-corrected chi connectivity index (χ1v) is 8.24. The molecular weight excluding hydrogens is 152 g/mol. The van der Waals surface area contributed by atoms with Gasteiger partial charge in [0.15, 0.2) is 0 Å². The van der Waals surface area contributed by atoms with E-state index in [0.717, 1.165) is 6.61 Å². The standard InChI is InChI=1S/C6H12O.C3H10Si/c1-2-3-4-6-5-7-6;1-4(2)3/h6H,2-5H2,1H3;4H,1-3H3. The Kier molecular flexibility index (Phi) is 6.97. The maximum atomic E-state index is 5.01. The number of hydrogen-bond donors (Lipinski definition) is 0. The molecule has 1 heterocycles. The monoisotopic (exact) mass is 174 g/mol. The molecule has 1 unspecified atom stereocenters. The predicted molar refractivity (Wildman–Crippen MR) is 54.0 cm³/mol. The Labute approximate surface area is 72.7 Å². The van der Waals surface area contributed by atoms with E-state index < -0.39 is 0 Å². The van der Waals surface area contributed by atoms with Gasteiger partial charge in [-0.15, -0.1) is 0 Å². The van der Waals surface area contributed by atoms with E-state index in [1.54, 1.807) is 0 Å². The molecule has 0 N–H and O–H groups in total. The van der Waals surface area contributed by atoms with Crippen LogP contribution in [-0.2, 0) is 4.74 Å². The number of hydrogen-bond acceptors (Lipinski definition) is 1. The van der Waals surface area contributed by atoms with Gasteiger partial charge in [-0.25, -0.2) is 0 Å². The minimum atomic E-state index is -0.139. The molecule has 0 saturated carbocycles. The molecule has 1 rings (SSSR count). The molecule has 0 aromatic carbocycles. The summed E-state index contributed by atoms with van der Waals surface area (Å²) in [7, 11) is -0.139. The van der Waals surface area contributed by atoms with Gasteiger partial charge in [-0.2, -0.15) is 0 Å². The molecule has 1 saturated heterocycles. The van der Waals surface area contributed by atoms with Gasteiger partial charge in [0.2, 0.25) is 0 Å². The van der Waals surface area contributed by atoms with E-state index >= 15 is 0 Å². The van der Waals surface area contributed by atoms with Crippen molar-refractivity contribution < 1.29 is 4.74 Å². The summed E-state index contributed by atoms with van der Waals surface area (Å²) in [6, 6.07) is 0. The third kappa shape index (κ3) is 13.2. The van der Waals surface area contributed by atoms with Crippen molar-refractivity contribution in [1.82, 2.24) is 0 Å². The Morgan fingerprint density at radius 2 is 1.82 bits per heavy atom. The first-order chi connectivity index (χ1) is 5.16. The minimum Gasteiger partial charge on any atom is -0.373 e. The summed E-state index contributed by atoms with van der Waals surface area (Å²) in [5, 5.41) is 0. The van der Waals surface area contributed by atoms with Crippen molar-refractivity contribution >= 4 is 8.80 Å². The fourth-order valence-corrected chi connectivity index (χ4v) is 0.667. The van der Waals surface area contributed by atoms with E-state index in [1.165, 1.54) is 19.3 Å². The Balaban J connectivity index is 0.000000218. The lowest BCUT2D eigenvalue weighted by atomic mass is 10.2. The summed E-state index contributed by atoms with van der Waals surface area (Å²) in [5.74, 6) is 0. The molecular formula is C9H22OSi. The maximum Gasteiger partial charge on any atom is 0.0810 e. The smallest absolute Gasteiger partial charge is 0.0810 e. The molecule has 1 atom stereocenters. The maximum absolute atomic E-state index is 5.01. The van der Waals surface area contributed by atoms with Crippen LogP contribution in [-0.4, -0.2) is 21.5 Å². The number of ether oxygens (including phenoxy) is 1. The lowest BCUT2D eigenvalue weighted by molar-refractivity contribution is 0.391. The SMILES string of the molecule is CCCCC1CO1.C[SiH](C)C. The van der Waals surface area contributed by atoms with Crippen LogP contribution in [0, 0.1) is 0 Å². The van der Waals surface area contributed by atoms with Crippen molar-refractivity contribution in [2.45, 2.75) is 51.9 Å². The van der Waals surface area contributed by atoms with Gasteiger partial charge in [-0.3, -0.25) is 0 Å². The molecule has 0 aromatic heterocycles. The second-order valence-electron chi connectivity index (χ2n) is 3.83. The van der Waals surface area contributed by atoms with Crippen LogP contribution >= 0.6 is 0 Å². The Morgan fingerprint density at radius 3 is 2.09 bits per heavy atom. The van der Waals surface area contributed by atoms with Crippen LogP contribution < -0.4 is 0 Å². The van der Waals surface area contributed by atoms with Crippen molar-refractivity contribution in [2.24, 2.45) is 0 Å². The van der Waals surface area contributed by atoms with Crippen molar-refractivity contribution in [1.29, 1.82) is 0 Å². The Hall–Kier alpha value is 0.177. The molecule has 1 nitrogen and oxygen atoms in total. The van der Waals surface area contributed by atoms with Gasteiger partial charge in [0, 0.05) is 8.80 Å². The number of unbranched alkanes of at least 4 members (excludes halogenated alkanes) is 1. The lowest BCUT2D eigenvalue weighted by Gasteiger charge is -1.86. The van der Waals surface area contributed by atoms with Crippen LogP contribution in [0.25, 0.3) is 0 Å². The van der Waals surface area contributed by atoms with Crippen LogP contribution in [0.5, 0.6) is 0 Å². The van der Waals surface area contributed by atoms with Gasteiger partial charge >= 0.3 is 0 Å². The molecule has 1 aliphatic rings. The van der Waals surface area contributed by atoms with E-state index in [2.05, 4.69) is 26.6 Å². The van der Waals surface area contributed by atoms with Gasteiger partial charge in [0.25, 0.3) is 0 Å². The zero-order chi connectivity index (χ0) is 8.69. The third-order valence-corrected chi connectivity index (χ3v) is 1.28. The first kappa shape index (κ1) is 11.2. The fourth-order valence-electron chi connectivity index (χ4n) is 0.667. The van der Waals surface area contributed by atoms with E-state index in [1.807, 2.05) is 0 Å². The second-order valence-corrected chi connectivity index (χ2v) is 7.29. The zero-order valence-electron chi connectivity index (χ0n) is 8.39. The molecule has 0 aromatic rings. The van der Waals surface area contributed by atoms with Gasteiger partial charge in [0.05, 0.1) is 12.7 Å². The van der Waals surface area contributed by atoms with Crippen LogP contribution in [0.15, 0.2) is 0 Å². The third-order valence-electron chi connectivity index (χ3n) is 1.28. The Bertz CT molecular complexity index is 76.9. The molecule has 2 heteroatoms. The van der Waals surface area contributed by atoms with Crippen molar-refractivity contribution in [2.75, 3.05) is 6.61 Å². The number of epoxide rings is 1.